The van der Waals surface area contributed by atoms with Gasteiger partial charge in [-0.3, -0.25) is 0 Å². The van der Waals surface area contributed by atoms with Crippen molar-refractivity contribution in [2.75, 3.05) is 19.7 Å². The molecule has 0 aromatic heterocycles. The van der Waals surface area contributed by atoms with Crippen LogP contribution in [0.15, 0.2) is 5.16 Å². The Bertz CT molecular complexity index is 379. The molecule has 2 aliphatic rings. The van der Waals surface area contributed by atoms with Crippen LogP contribution in [0.1, 0.15) is 40.0 Å². The summed E-state index contributed by atoms with van der Waals surface area (Å²) < 4.78 is 5.35. The first-order chi connectivity index (χ1) is 8.84. The van der Waals surface area contributed by atoms with E-state index in [2.05, 4.69) is 5.16 Å². The molecule has 2 heterocycles. The molecule has 6 heteroatoms. The van der Waals surface area contributed by atoms with Crippen molar-refractivity contribution in [2.24, 2.45) is 5.16 Å². The molecule has 0 aliphatic carbocycles. The molecule has 108 valence electrons. The molecular weight excluding hydrogens is 248 g/mol. The summed E-state index contributed by atoms with van der Waals surface area (Å²) in [4.78, 5) is 19.1. The largest absolute Gasteiger partial charge is 0.444 e. The number of aliphatic hydroxyl groups is 1. The van der Waals surface area contributed by atoms with Gasteiger partial charge >= 0.3 is 6.09 Å². The quantitative estimate of drug-likeness (QED) is 0.784. The first-order valence-electron chi connectivity index (χ1n) is 6.66. The van der Waals surface area contributed by atoms with Crippen LogP contribution in [0.25, 0.3) is 0 Å². The van der Waals surface area contributed by atoms with Crippen LogP contribution in [0.3, 0.4) is 0 Å². The Kier molecular flexibility index (Phi) is 3.71. The third kappa shape index (κ3) is 3.37. The van der Waals surface area contributed by atoms with Gasteiger partial charge in [0.05, 0.1) is 12.3 Å². The Labute approximate surface area is 113 Å². The van der Waals surface area contributed by atoms with Crippen LogP contribution >= 0.6 is 0 Å². The van der Waals surface area contributed by atoms with Gasteiger partial charge in [-0.05, 0) is 20.8 Å². The molecule has 0 bridgehead atoms. The zero-order chi connectivity index (χ0) is 14.1. The molecule has 1 saturated heterocycles. The van der Waals surface area contributed by atoms with Gasteiger partial charge in [-0.1, -0.05) is 5.16 Å². The molecule has 1 spiro atoms. The second kappa shape index (κ2) is 5.00. The summed E-state index contributed by atoms with van der Waals surface area (Å²) in [6, 6.07) is 0. The highest BCUT2D eigenvalue weighted by Crippen LogP contribution is 2.34. The summed E-state index contributed by atoms with van der Waals surface area (Å²) in [5.74, 6) is 0. The van der Waals surface area contributed by atoms with Crippen molar-refractivity contribution < 1.29 is 19.5 Å². The highest BCUT2D eigenvalue weighted by Gasteiger charge is 2.43. The molecule has 2 aliphatic heterocycles. The minimum atomic E-state index is -0.469. The monoisotopic (exact) mass is 270 g/mol. The van der Waals surface area contributed by atoms with E-state index in [0.29, 0.717) is 25.2 Å². The minimum absolute atomic E-state index is 0.0580. The number of rotatable bonds is 1. The maximum Gasteiger partial charge on any atom is 0.410 e. The summed E-state index contributed by atoms with van der Waals surface area (Å²) in [5.41, 5.74) is -0.106. The van der Waals surface area contributed by atoms with E-state index >= 15 is 0 Å². The normalized spacial score (nSPS) is 22.1. The van der Waals surface area contributed by atoms with E-state index in [0.717, 1.165) is 12.8 Å². The number of carbonyl (C=O) groups is 1. The van der Waals surface area contributed by atoms with E-state index < -0.39 is 5.60 Å². The number of oxime groups is 1. The van der Waals surface area contributed by atoms with Crippen molar-refractivity contribution in [2.45, 2.75) is 51.2 Å². The summed E-state index contributed by atoms with van der Waals surface area (Å²) in [6.45, 7) is 6.72. The van der Waals surface area contributed by atoms with Crippen LogP contribution in [0, 0.1) is 0 Å². The van der Waals surface area contributed by atoms with Crippen LogP contribution in [-0.2, 0) is 9.57 Å². The zero-order valence-corrected chi connectivity index (χ0v) is 11.8. The molecule has 6 nitrogen and oxygen atoms in total. The number of hydrogen-bond donors (Lipinski definition) is 1. The fourth-order valence-corrected chi connectivity index (χ4v) is 2.37. The van der Waals surface area contributed by atoms with Gasteiger partial charge in [0.15, 0.2) is 0 Å². The van der Waals surface area contributed by atoms with Crippen LogP contribution in [0.2, 0.25) is 0 Å². The van der Waals surface area contributed by atoms with Gasteiger partial charge in [0, 0.05) is 32.4 Å². The zero-order valence-electron chi connectivity index (χ0n) is 11.8. The Hall–Kier alpha value is -1.30. The minimum Gasteiger partial charge on any atom is -0.444 e. The molecule has 19 heavy (non-hydrogen) atoms. The topological polar surface area (TPSA) is 71.4 Å². The van der Waals surface area contributed by atoms with E-state index in [9.17, 15) is 4.79 Å². The van der Waals surface area contributed by atoms with Crippen molar-refractivity contribution in [3.8, 4) is 0 Å². The Morgan fingerprint density at radius 3 is 2.58 bits per heavy atom. The van der Waals surface area contributed by atoms with Gasteiger partial charge in [0.25, 0.3) is 0 Å². The summed E-state index contributed by atoms with van der Waals surface area (Å²) >= 11 is 0. The molecule has 1 amide bonds. The van der Waals surface area contributed by atoms with Crippen molar-refractivity contribution in [3.05, 3.63) is 0 Å². The summed E-state index contributed by atoms with van der Waals surface area (Å²) in [6.07, 6.45) is 1.83. The molecule has 2 rings (SSSR count). The standard InChI is InChI=1S/C13H22N2O4/c1-12(2,3)18-11(17)15-6-4-13(5-7-15)8-10(9-16)14-19-13/h16H,4-9H2,1-3H3. The Balaban J connectivity index is 1.85. The lowest BCUT2D eigenvalue weighted by Gasteiger charge is -2.37. The van der Waals surface area contributed by atoms with E-state index in [1.807, 2.05) is 20.8 Å². The summed E-state index contributed by atoms with van der Waals surface area (Å²) in [7, 11) is 0. The van der Waals surface area contributed by atoms with Gasteiger partial charge in [0.2, 0.25) is 0 Å². The van der Waals surface area contributed by atoms with E-state index in [4.69, 9.17) is 14.7 Å². The van der Waals surface area contributed by atoms with Crippen molar-refractivity contribution in [3.63, 3.8) is 0 Å². The molecule has 0 aromatic carbocycles. The average Bonchev–Trinajstić information content (AvgIpc) is 2.71. The fraction of sp³-hybridized carbons (Fsp3) is 0.846. The number of hydrogen-bond acceptors (Lipinski definition) is 5. The number of likely N-dealkylation sites (tertiary alicyclic amines) is 1. The Morgan fingerprint density at radius 2 is 2.11 bits per heavy atom. The number of ether oxygens (including phenoxy) is 1. The first-order valence-corrected chi connectivity index (χ1v) is 6.66. The smallest absolute Gasteiger partial charge is 0.410 e. The molecule has 0 unspecified atom stereocenters. The van der Waals surface area contributed by atoms with Crippen LogP contribution in [0.5, 0.6) is 0 Å². The third-order valence-electron chi connectivity index (χ3n) is 3.40. The lowest BCUT2D eigenvalue weighted by molar-refractivity contribution is -0.0639. The fourth-order valence-electron chi connectivity index (χ4n) is 2.37. The van der Waals surface area contributed by atoms with Crippen LogP contribution in [0.4, 0.5) is 4.79 Å². The number of nitrogens with zero attached hydrogens (tertiary/aromatic N) is 2. The average molecular weight is 270 g/mol. The van der Waals surface area contributed by atoms with Crippen LogP contribution < -0.4 is 0 Å². The lowest BCUT2D eigenvalue weighted by atomic mass is 9.87. The predicted octanol–water partition coefficient (Wildman–Crippen LogP) is 1.52. The number of amides is 1. The number of carbonyl (C=O) groups excluding carboxylic acids is 1. The molecule has 0 atom stereocenters. The second-order valence-electron chi connectivity index (χ2n) is 6.23. The molecule has 1 N–H and O–H groups in total. The number of piperidine rings is 1. The maximum atomic E-state index is 11.9. The highest BCUT2D eigenvalue weighted by molar-refractivity contribution is 5.87. The molecule has 0 saturated carbocycles. The van der Waals surface area contributed by atoms with Gasteiger partial charge in [0.1, 0.15) is 11.2 Å². The van der Waals surface area contributed by atoms with Crippen molar-refractivity contribution in [1.82, 2.24) is 4.90 Å². The predicted molar refractivity (Wildman–Crippen MR) is 70.0 cm³/mol. The third-order valence-corrected chi connectivity index (χ3v) is 3.40. The van der Waals surface area contributed by atoms with Gasteiger partial charge in [-0.15, -0.1) is 0 Å². The second-order valence-corrected chi connectivity index (χ2v) is 6.23. The maximum absolute atomic E-state index is 11.9. The lowest BCUT2D eigenvalue weighted by Crippen LogP contribution is -2.48. The van der Waals surface area contributed by atoms with E-state index in [1.54, 1.807) is 4.90 Å². The molecule has 0 aromatic rings. The highest BCUT2D eigenvalue weighted by atomic mass is 16.7. The molecule has 0 radical (unpaired) electrons. The SMILES string of the molecule is CC(C)(C)OC(=O)N1CCC2(CC1)CC(CO)=NO2. The van der Waals surface area contributed by atoms with Crippen molar-refractivity contribution >= 4 is 11.8 Å². The van der Waals surface area contributed by atoms with Gasteiger partial charge in [-0.25, -0.2) is 4.79 Å². The molecular formula is C13H22N2O4. The Morgan fingerprint density at radius 1 is 1.47 bits per heavy atom. The van der Waals surface area contributed by atoms with Gasteiger partial charge in [-0.2, -0.15) is 0 Å². The first kappa shape index (κ1) is 14.1. The molecule has 1 fully saturated rings. The van der Waals surface area contributed by atoms with Crippen molar-refractivity contribution in [1.29, 1.82) is 0 Å². The van der Waals surface area contributed by atoms with E-state index in [-0.39, 0.29) is 18.3 Å². The van der Waals surface area contributed by atoms with E-state index in [1.165, 1.54) is 0 Å². The van der Waals surface area contributed by atoms with Crippen LogP contribution in [-0.4, -0.2) is 52.7 Å². The number of aliphatic hydroxyl groups excluding tert-OH is 1. The summed E-state index contributed by atoms with van der Waals surface area (Å²) in [5, 5.41) is 12.9. The van der Waals surface area contributed by atoms with Gasteiger partial charge < -0.3 is 19.6 Å².